The second kappa shape index (κ2) is 5.11. The average molecular weight is 245 g/mol. The fraction of sp³-hybridized carbons (Fsp3) is 0.533. The van der Waals surface area contributed by atoms with Crippen LogP contribution < -0.4 is 5.73 Å². The molecule has 0 amide bonds. The van der Waals surface area contributed by atoms with Gasteiger partial charge in [-0.3, -0.25) is 4.68 Å². The van der Waals surface area contributed by atoms with Crippen molar-refractivity contribution in [3.05, 3.63) is 30.0 Å². The van der Waals surface area contributed by atoms with Gasteiger partial charge >= 0.3 is 0 Å². The maximum absolute atomic E-state index is 5.91. The van der Waals surface area contributed by atoms with Crippen LogP contribution in [-0.2, 0) is 13.0 Å². The first-order valence-corrected chi connectivity index (χ1v) is 6.78. The quantitative estimate of drug-likeness (QED) is 0.880. The summed E-state index contributed by atoms with van der Waals surface area (Å²) in [6.07, 6.45) is 2.03. The number of para-hydroxylation sites is 1. The Morgan fingerprint density at radius 1 is 1.28 bits per heavy atom. The second-order valence-electron chi connectivity index (χ2n) is 5.32. The van der Waals surface area contributed by atoms with E-state index in [1.807, 2.05) is 0 Å². The predicted molar refractivity (Wildman–Crippen MR) is 76.6 cm³/mol. The minimum atomic E-state index is 0.149. The lowest BCUT2D eigenvalue weighted by Gasteiger charge is -2.25. The van der Waals surface area contributed by atoms with E-state index in [4.69, 9.17) is 10.8 Å². The maximum atomic E-state index is 5.91. The van der Waals surface area contributed by atoms with Crippen LogP contribution in [0.25, 0.3) is 10.9 Å². The fourth-order valence-electron chi connectivity index (χ4n) is 2.31. The molecular formula is C15H23N3. The molecule has 3 nitrogen and oxygen atoms in total. The number of hydrogen-bond donors (Lipinski definition) is 1. The third-order valence-corrected chi connectivity index (χ3v) is 3.97. The topological polar surface area (TPSA) is 43.8 Å². The highest BCUT2D eigenvalue weighted by molar-refractivity contribution is 5.82. The van der Waals surface area contributed by atoms with Crippen molar-refractivity contribution >= 4 is 10.9 Å². The molecule has 2 N–H and O–H groups in total. The molecule has 1 aromatic heterocycles. The van der Waals surface area contributed by atoms with E-state index in [1.54, 1.807) is 0 Å². The number of rotatable bonds is 5. The summed E-state index contributed by atoms with van der Waals surface area (Å²) in [6.45, 7) is 8.19. The van der Waals surface area contributed by atoms with Crippen LogP contribution in [0.1, 0.15) is 32.9 Å². The maximum Gasteiger partial charge on any atom is 0.0709 e. The number of fused-ring (bicyclic) bond motifs is 1. The molecule has 0 spiro atoms. The Morgan fingerprint density at radius 2 is 2.00 bits per heavy atom. The summed E-state index contributed by atoms with van der Waals surface area (Å²) in [5, 5.41) is 6.02. The summed E-state index contributed by atoms with van der Waals surface area (Å²) in [6, 6.07) is 8.46. The lowest BCUT2D eigenvalue weighted by molar-refractivity contribution is 0.317. The summed E-state index contributed by atoms with van der Waals surface area (Å²) < 4.78 is 2.08. The first-order valence-electron chi connectivity index (χ1n) is 6.78. The van der Waals surface area contributed by atoms with Crippen LogP contribution in [0.2, 0.25) is 0 Å². The third kappa shape index (κ3) is 2.27. The fourth-order valence-corrected chi connectivity index (χ4v) is 2.31. The Hall–Kier alpha value is -1.35. The zero-order valence-electron chi connectivity index (χ0n) is 11.6. The largest absolute Gasteiger partial charge is 0.330 e. The van der Waals surface area contributed by atoms with Gasteiger partial charge in [-0.2, -0.15) is 5.10 Å². The Kier molecular flexibility index (Phi) is 3.71. The molecule has 0 radical (unpaired) electrons. The van der Waals surface area contributed by atoms with E-state index in [0.717, 1.165) is 19.4 Å². The smallest absolute Gasteiger partial charge is 0.0709 e. The number of hydrogen-bond acceptors (Lipinski definition) is 2. The van der Waals surface area contributed by atoms with E-state index in [1.165, 1.54) is 16.6 Å². The van der Waals surface area contributed by atoms with Crippen LogP contribution in [0, 0.1) is 5.41 Å². The van der Waals surface area contributed by atoms with Crippen LogP contribution in [0.4, 0.5) is 0 Å². The van der Waals surface area contributed by atoms with Crippen molar-refractivity contribution in [3.8, 4) is 0 Å². The lowest BCUT2D eigenvalue weighted by atomic mass is 9.82. The Balaban J connectivity index is 2.45. The van der Waals surface area contributed by atoms with Crippen molar-refractivity contribution in [2.45, 2.75) is 40.2 Å². The van der Waals surface area contributed by atoms with Crippen molar-refractivity contribution in [1.29, 1.82) is 0 Å². The van der Waals surface area contributed by atoms with Crippen molar-refractivity contribution < 1.29 is 0 Å². The molecule has 0 bridgehead atoms. The van der Waals surface area contributed by atoms with Crippen molar-refractivity contribution in [1.82, 2.24) is 9.78 Å². The van der Waals surface area contributed by atoms with Crippen LogP contribution >= 0.6 is 0 Å². The summed E-state index contributed by atoms with van der Waals surface area (Å²) in [5.74, 6) is 0. The Morgan fingerprint density at radius 3 is 2.61 bits per heavy atom. The van der Waals surface area contributed by atoms with Gasteiger partial charge < -0.3 is 5.73 Å². The van der Waals surface area contributed by atoms with Crippen LogP contribution in [0.15, 0.2) is 24.3 Å². The first-order chi connectivity index (χ1) is 8.63. The van der Waals surface area contributed by atoms with Crippen LogP contribution in [0.3, 0.4) is 0 Å². The van der Waals surface area contributed by atoms with Gasteiger partial charge in [-0.1, -0.05) is 32.0 Å². The zero-order chi connectivity index (χ0) is 13.2. The van der Waals surface area contributed by atoms with E-state index in [9.17, 15) is 0 Å². The normalized spacial score (nSPS) is 14.9. The van der Waals surface area contributed by atoms with Gasteiger partial charge in [0, 0.05) is 11.9 Å². The molecule has 0 aliphatic rings. The Bertz CT molecular complexity index is 524. The van der Waals surface area contributed by atoms with E-state index in [-0.39, 0.29) is 5.41 Å². The van der Waals surface area contributed by atoms with Crippen molar-refractivity contribution in [2.75, 3.05) is 6.54 Å². The standard InChI is InChI=1S/C15H23N3/c1-4-15(3,11-16)10-13-12-8-6-7-9-14(12)18(5-2)17-13/h6-9H,4-5,10-11,16H2,1-3H3. The number of benzene rings is 1. The third-order valence-electron chi connectivity index (χ3n) is 3.97. The van der Waals surface area contributed by atoms with Gasteiger partial charge in [0.25, 0.3) is 0 Å². The van der Waals surface area contributed by atoms with Crippen molar-refractivity contribution in [3.63, 3.8) is 0 Å². The molecule has 0 saturated heterocycles. The highest BCUT2D eigenvalue weighted by Crippen LogP contribution is 2.28. The molecule has 2 rings (SSSR count). The van der Waals surface area contributed by atoms with Gasteiger partial charge in [0.05, 0.1) is 11.2 Å². The van der Waals surface area contributed by atoms with E-state index >= 15 is 0 Å². The molecule has 1 atom stereocenters. The molecule has 0 saturated carbocycles. The number of aromatic nitrogens is 2. The molecular weight excluding hydrogens is 222 g/mol. The molecule has 0 fully saturated rings. The SMILES string of the molecule is CCn1nc(CC(C)(CC)CN)c2ccccc21. The molecule has 98 valence electrons. The number of nitrogens with two attached hydrogens (primary N) is 1. The highest BCUT2D eigenvalue weighted by Gasteiger charge is 2.23. The highest BCUT2D eigenvalue weighted by atomic mass is 15.3. The minimum Gasteiger partial charge on any atom is -0.330 e. The number of nitrogens with zero attached hydrogens (tertiary/aromatic N) is 2. The molecule has 18 heavy (non-hydrogen) atoms. The van der Waals surface area contributed by atoms with Gasteiger partial charge in [0.1, 0.15) is 0 Å². The van der Waals surface area contributed by atoms with E-state index in [2.05, 4.69) is 49.7 Å². The van der Waals surface area contributed by atoms with Gasteiger partial charge in [-0.25, -0.2) is 0 Å². The zero-order valence-corrected chi connectivity index (χ0v) is 11.6. The summed E-state index contributed by atoms with van der Waals surface area (Å²) >= 11 is 0. The molecule has 0 aliphatic carbocycles. The minimum absolute atomic E-state index is 0.149. The molecule has 1 heterocycles. The summed E-state index contributed by atoms with van der Waals surface area (Å²) in [4.78, 5) is 0. The van der Waals surface area contributed by atoms with Crippen molar-refractivity contribution in [2.24, 2.45) is 11.1 Å². The first kappa shape index (κ1) is 13.1. The van der Waals surface area contributed by atoms with Crippen LogP contribution in [-0.4, -0.2) is 16.3 Å². The van der Waals surface area contributed by atoms with Crippen LogP contribution in [0.5, 0.6) is 0 Å². The molecule has 3 heteroatoms. The van der Waals surface area contributed by atoms with Gasteiger partial charge in [0.15, 0.2) is 0 Å². The van der Waals surface area contributed by atoms with Gasteiger partial charge in [-0.05, 0) is 37.8 Å². The monoisotopic (exact) mass is 245 g/mol. The average Bonchev–Trinajstić information content (AvgIpc) is 2.77. The number of aryl methyl sites for hydroxylation is 1. The summed E-state index contributed by atoms with van der Waals surface area (Å²) in [7, 11) is 0. The summed E-state index contributed by atoms with van der Waals surface area (Å²) in [5.41, 5.74) is 8.47. The Labute approximate surface area is 109 Å². The van der Waals surface area contributed by atoms with E-state index < -0.39 is 0 Å². The van der Waals surface area contributed by atoms with Gasteiger partial charge in [-0.15, -0.1) is 0 Å². The lowest BCUT2D eigenvalue weighted by Crippen LogP contribution is -2.29. The second-order valence-corrected chi connectivity index (χ2v) is 5.32. The molecule has 0 aliphatic heterocycles. The predicted octanol–water partition coefficient (Wildman–Crippen LogP) is 2.97. The van der Waals surface area contributed by atoms with E-state index in [0.29, 0.717) is 6.54 Å². The van der Waals surface area contributed by atoms with Gasteiger partial charge in [0.2, 0.25) is 0 Å². The molecule has 2 aromatic rings. The molecule has 1 unspecified atom stereocenters. The molecule has 1 aromatic carbocycles.